The van der Waals surface area contributed by atoms with Crippen LogP contribution in [0.15, 0.2) is 41.6 Å². The molecular formula is C20H23N5O2S. The molecule has 0 saturated carbocycles. The molecule has 0 saturated heterocycles. The fourth-order valence-electron chi connectivity index (χ4n) is 3.08. The molecule has 0 aliphatic carbocycles. The molecule has 1 atom stereocenters. The minimum atomic E-state index is -0.862. The van der Waals surface area contributed by atoms with Crippen LogP contribution in [0.4, 0.5) is 4.79 Å². The second-order valence-corrected chi connectivity index (χ2v) is 8.08. The van der Waals surface area contributed by atoms with Crippen LogP contribution >= 0.6 is 11.8 Å². The second kappa shape index (κ2) is 8.02. The van der Waals surface area contributed by atoms with Gasteiger partial charge in [-0.25, -0.2) is 14.3 Å². The number of primary amides is 1. The molecule has 146 valence electrons. The van der Waals surface area contributed by atoms with Gasteiger partial charge in [0.1, 0.15) is 0 Å². The average molecular weight is 398 g/mol. The van der Waals surface area contributed by atoms with E-state index in [0.29, 0.717) is 5.16 Å². The number of nitrogens with two attached hydrogens (primary N) is 1. The molecule has 0 aliphatic rings. The van der Waals surface area contributed by atoms with Crippen LogP contribution in [0, 0.1) is 19.8 Å². The van der Waals surface area contributed by atoms with Crippen molar-refractivity contribution in [3.05, 3.63) is 47.7 Å². The molecule has 3 N–H and O–H groups in total. The van der Waals surface area contributed by atoms with Gasteiger partial charge in [-0.05, 0) is 31.4 Å². The summed E-state index contributed by atoms with van der Waals surface area (Å²) in [6.07, 6.45) is 0. The zero-order chi connectivity index (χ0) is 20.4. The Morgan fingerprint density at radius 1 is 1.18 bits per heavy atom. The van der Waals surface area contributed by atoms with E-state index in [-0.39, 0.29) is 5.92 Å². The normalized spacial score (nSPS) is 12.3. The number of nitrogens with zero attached hydrogens (tertiary/aromatic N) is 3. The lowest BCUT2D eigenvalue weighted by Gasteiger charge is -2.17. The highest BCUT2D eigenvalue weighted by molar-refractivity contribution is 8.00. The smallest absolute Gasteiger partial charge is 0.318 e. The van der Waals surface area contributed by atoms with Crippen LogP contribution in [0.5, 0.6) is 0 Å². The van der Waals surface area contributed by atoms with E-state index in [1.165, 1.54) is 11.8 Å². The quantitative estimate of drug-likeness (QED) is 0.643. The predicted octanol–water partition coefficient (Wildman–Crippen LogP) is 3.32. The number of amides is 3. The number of fused-ring (bicyclic) bond motifs is 1. The van der Waals surface area contributed by atoms with Gasteiger partial charge in [-0.15, -0.1) is 0 Å². The fraction of sp³-hybridized carbons (Fsp3) is 0.300. The molecule has 8 heteroatoms. The maximum atomic E-state index is 12.5. The van der Waals surface area contributed by atoms with Crippen molar-refractivity contribution in [3.8, 4) is 11.3 Å². The van der Waals surface area contributed by atoms with E-state index >= 15 is 0 Å². The van der Waals surface area contributed by atoms with Gasteiger partial charge in [-0.2, -0.15) is 5.10 Å². The molecule has 0 bridgehead atoms. The molecule has 1 aromatic carbocycles. The highest BCUT2D eigenvalue weighted by atomic mass is 32.2. The minimum absolute atomic E-state index is 0.0391. The van der Waals surface area contributed by atoms with Crippen LogP contribution in [0.1, 0.15) is 25.1 Å². The Kier molecular flexibility index (Phi) is 5.69. The Hall–Kier alpha value is -2.87. The van der Waals surface area contributed by atoms with Crippen LogP contribution in [0.3, 0.4) is 0 Å². The van der Waals surface area contributed by atoms with Crippen LogP contribution in [-0.2, 0) is 4.79 Å². The number of aromatic nitrogens is 3. The van der Waals surface area contributed by atoms with Crippen molar-refractivity contribution < 1.29 is 9.59 Å². The molecule has 2 heterocycles. The Morgan fingerprint density at radius 3 is 2.46 bits per heavy atom. The third-order valence-electron chi connectivity index (χ3n) is 4.27. The Labute approximate surface area is 167 Å². The van der Waals surface area contributed by atoms with Gasteiger partial charge >= 0.3 is 6.03 Å². The summed E-state index contributed by atoms with van der Waals surface area (Å²) in [6, 6.07) is 11.0. The number of benzene rings is 1. The largest absolute Gasteiger partial charge is 0.351 e. The molecular weight excluding hydrogens is 374 g/mol. The van der Waals surface area contributed by atoms with Gasteiger partial charge in [0.25, 0.3) is 0 Å². The molecule has 28 heavy (non-hydrogen) atoms. The molecule has 2 aromatic heterocycles. The standard InChI is InChI=1S/C20H23N5O2S/c1-11(2)17(18(26)23-19(21)27)28-20-22-15(14-8-6-5-7-9-14)16-12(3)10-13(4)24-25(16)20/h5-11,17H,1-4H3,(H3,21,23,26,27). The molecule has 0 radical (unpaired) electrons. The third kappa shape index (κ3) is 4.01. The Bertz CT molecular complexity index is 1030. The summed E-state index contributed by atoms with van der Waals surface area (Å²) in [5.41, 5.74) is 9.71. The molecule has 0 aliphatic heterocycles. The van der Waals surface area contributed by atoms with E-state index in [4.69, 9.17) is 10.7 Å². The number of hydrogen-bond donors (Lipinski definition) is 2. The van der Waals surface area contributed by atoms with Crippen molar-refractivity contribution in [2.24, 2.45) is 11.7 Å². The summed E-state index contributed by atoms with van der Waals surface area (Å²) in [7, 11) is 0. The number of carbonyl (C=O) groups excluding carboxylic acids is 2. The fourth-order valence-corrected chi connectivity index (χ4v) is 4.12. The maximum absolute atomic E-state index is 12.5. The number of imidazole rings is 1. The average Bonchev–Trinajstić information content (AvgIpc) is 2.98. The van der Waals surface area contributed by atoms with E-state index in [1.807, 2.05) is 64.1 Å². The number of urea groups is 1. The van der Waals surface area contributed by atoms with Crippen LogP contribution < -0.4 is 11.1 Å². The van der Waals surface area contributed by atoms with E-state index in [2.05, 4.69) is 10.4 Å². The van der Waals surface area contributed by atoms with Crippen molar-refractivity contribution >= 4 is 29.2 Å². The first kappa shape index (κ1) is 19.9. The topological polar surface area (TPSA) is 102 Å². The predicted molar refractivity (Wildman–Crippen MR) is 110 cm³/mol. The summed E-state index contributed by atoms with van der Waals surface area (Å²) in [5.74, 6) is -0.474. The zero-order valence-electron chi connectivity index (χ0n) is 16.3. The van der Waals surface area contributed by atoms with Crippen molar-refractivity contribution in [2.75, 3.05) is 0 Å². The second-order valence-electron chi connectivity index (χ2n) is 6.97. The first-order valence-corrected chi connectivity index (χ1v) is 9.85. The van der Waals surface area contributed by atoms with Gasteiger partial charge in [-0.1, -0.05) is 55.9 Å². The van der Waals surface area contributed by atoms with Crippen molar-refractivity contribution in [2.45, 2.75) is 38.1 Å². The lowest BCUT2D eigenvalue weighted by Crippen LogP contribution is -2.42. The van der Waals surface area contributed by atoms with Crippen molar-refractivity contribution in [1.82, 2.24) is 19.9 Å². The number of nitrogens with one attached hydrogen (secondary N) is 1. The summed E-state index contributed by atoms with van der Waals surface area (Å²) < 4.78 is 1.78. The summed E-state index contributed by atoms with van der Waals surface area (Å²) >= 11 is 1.28. The number of rotatable bonds is 5. The van der Waals surface area contributed by atoms with Crippen LogP contribution in [-0.4, -0.2) is 31.8 Å². The van der Waals surface area contributed by atoms with Crippen LogP contribution in [0.25, 0.3) is 16.8 Å². The van der Waals surface area contributed by atoms with E-state index in [0.717, 1.165) is 28.0 Å². The number of aryl methyl sites for hydroxylation is 2. The third-order valence-corrected chi connectivity index (χ3v) is 5.76. The van der Waals surface area contributed by atoms with Gasteiger partial charge in [-0.3, -0.25) is 10.1 Å². The van der Waals surface area contributed by atoms with Gasteiger partial charge in [0.2, 0.25) is 5.91 Å². The van der Waals surface area contributed by atoms with Gasteiger partial charge < -0.3 is 5.73 Å². The number of hydrogen-bond acceptors (Lipinski definition) is 5. The monoisotopic (exact) mass is 397 g/mol. The van der Waals surface area contributed by atoms with Gasteiger partial charge in [0.15, 0.2) is 5.16 Å². The zero-order valence-corrected chi connectivity index (χ0v) is 17.1. The van der Waals surface area contributed by atoms with Crippen molar-refractivity contribution in [3.63, 3.8) is 0 Å². The molecule has 1 unspecified atom stereocenters. The molecule has 0 fully saturated rings. The van der Waals surface area contributed by atoms with E-state index in [9.17, 15) is 9.59 Å². The summed E-state index contributed by atoms with van der Waals surface area (Å²) in [6.45, 7) is 7.77. The van der Waals surface area contributed by atoms with Crippen molar-refractivity contribution in [1.29, 1.82) is 0 Å². The Balaban J connectivity index is 2.13. The Morgan fingerprint density at radius 2 is 1.86 bits per heavy atom. The lowest BCUT2D eigenvalue weighted by atomic mass is 10.1. The SMILES string of the molecule is Cc1cc(C)c2c(-c3ccccc3)nc(SC(C(=O)NC(N)=O)C(C)C)n2n1. The van der Waals surface area contributed by atoms with E-state index < -0.39 is 17.2 Å². The van der Waals surface area contributed by atoms with Gasteiger partial charge in [0, 0.05) is 5.56 Å². The summed E-state index contributed by atoms with van der Waals surface area (Å²) in [5, 5.41) is 6.86. The minimum Gasteiger partial charge on any atom is -0.351 e. The number of carbonyl (C=O) groups is 2. The number of thioether (sulfide) groups is 1. The highest BCUT2D eigenvalue weighted by Gasteiger charge is 2.28. The highest BCUT2D eigenvalue weighted by Crippen LogP contribution is 2.34. The summed E-state index contributed by atoms with van der Waals surface area (Å²) in [4.78, 5) is 28.4. The number of imide groups is 1. The maximum Gasteiger partial charge on any atom is 0.318 e. The van der Waals surface area contributed by atoms with E-state index in [1.54, 1.807) is 4.52 Å². The van der Waals surface area contributed by atoms with Gasteiger partial charge in [0.05, 0.1) is 22.2 Å². The van der Waals surface area contributed by atoms with Crippen LogP contribution in [0.2, 0.25) is 0 Å². The molecule has 3 amide bonds. The first-order chi connectivity index (χ1) is 13.3. The lowest BCUT2D eigenvalue weighted by molar-refractivity contribution is -0.120. The molecule has 3 aromatic rings. The first-order valence-electron chi connectivity index (χ1n) is 8.97. The molecule has 0 spiro atoms. The molecule has 7 nitrogen and oxygen atoms in total. The molecule has 3 rings (SSSR count).